The van der Waals surface area contributed by atoms with E-state index in [-0.39, 0.29) is 0 Å². The highest BCUT2D eigenvalue weighted by Gasteiger charge is 2.35. The van der Waals surface area contributed by atoms with Gasteiger partial charge in [-0.2, -0.15) is 4.37 Å². The first-order chi connectivity index (χ1) is 8.24. The number of rotatable bonds is 2. The van der Waals surface area contributed by atoms with E-state index in [1.807, 2.05) is 0 Å². The van der Waals surface area contributed by atoms with E-state index in [0.717, 1.165) is 30.0 Å². The number of fused-ring (bicyclic) bond motifs is 1. The molecule has 3 rings (SSSR count). The monoisotopic (exact) mass is 252 g/mol. The number of hydrogen-bond donors (Lipinski definition) is 1. The number of nitrogens with zero attached hydrogens (tertiary/aromatic N) is 3. The van der Waals surface area contributed by atoms with Gasteiger partial charge in [-0.15, -0.1) is 0 Å². The van der Waals surface area contributed by atoms with Crippen LogP contribution in [-0.4, -0.2) is 35.0 Å². The highest BCUT2D eigenvalue weighted by atomic mass is 32.1. The number of aromatic nitrogens is 2. The second-order valence-corrected chi connectivity index (χ2v) is 6.19. The van der Waals surface area contributed by atoms with Crippen LogP contribution < -0.4 is 10.2 Å². The molecule has 0 aromatic carbocycles. The van der Waals surface area contributed by atoms with Gasteiger partial charge in [-0.1, -0.05) is 13.8 Å². The molecule has 0 amide bonds. The van der Waals surface area contributed by atoms with E-state index in [4.69, 9.17) is 0 Å². The van der Waals surface area contributed by atoms with Gasteiger partial charge in [-0.05, 0) is 25.3 Å². The SMILES string of the molecule is CC(C)c1nsc(N2CC3CCCNC3C2)n1. The number of anilines is 1. The first kappa shape index (κ1) is 11.4. The minimum Gasteiger partial charge on any atom is -0.345 e. The van der Waals surface area contributed by atoms with Gasteiger partial charge in [-0.25, -0.2) is 4.98 Å². The average molecular weight is 252 g/mol. The summed E-state index contributed by atoms with van der Waals surface area (Å²) in [4.78, 5) is 7.07. The predicted octanol–water partition coefficient (Wildman–Crippen LogP) is 1.85. The lowest BCUT2D eigenvalue weighted by molar-refractivity contribution is 0.340. The summed E-state index contributed by atoms with van der Waals surface area (Å²) in [5, 5.41) is 4.74. The zero-order chi connectivity index (χ0) is 11.8. The van der Waals surface area contributed by atoms with Crippen LogP contribution in [0.3, 0.4) is 0 Å². The first-order valence-electron chi connectivity index (χ1n) is 6.56. The lowest BCUT2D eigenvalue weighted by Crippen LogP contribution is -2.40. The third-order valence-corrected chi connectivity index (χ3v) is 4.61. The molecule has 0 spiro atoms. The summed E-state index contributed by atoms with van der Waals surface area (Å²) < 4.78 is 4.45. The number of hydrogen-bond acceptors (Lipinski definition) is 5. The summed E-state index contributed by atoms with van der Waals surface area (Å²) in [5.41, 5.74) is 0. The van der Waals surface area contributed by atoms with E-state index in [1.165, 1.54) is 19.4 Å². The lowest BCUT2D eigenvalue weighted by Gasteiger charge is -2.24. The molecule has 4 nitrogen and oxygen atoms in total. The van der Waals surface area contributed by atoms with Crippen LogP contribution in [0.2, 0.25) is 0 Å². The van der Waals surface area contributed by atoms with Gasteiger partial charge in [0, 0.05) is 36.6 Å². The Hall–Kier alpha value is -0.680. The Morgan fingerprint density at radius 3 is 3.00 bits per heavy atom. The standard InChI is InChI=1S/C12H20N4S/c1-8(2)11-14-12(17-15-11)16-6-9-4-3-5-13-10(9)7-16/h8-10,13H,3-7H2,1-2H3. The highest BCUT2D eigenvalue weighted by Crippen LogP contribution is 2.30. The van der Waals surface area contributed by atoms with Crippen molar-refractivity contribution < 1.29 is 0 Å². The van der Waals surface area contributed by atoms with Crippen LogP contribution in [0.25, 0.3) is 0 Å². The third-order valence-electron chi connectivity index (χ3n) is 3.82. The third kappa shape index (κ3) is 2.18. The van der Waals surface area contributed by atoms with Gasteiger partial charge in [0.15, 0.2) is 0 Å². The summed E-state index contributed by atoms with van der Waals surface area (Å²) in [5.74, 6) is 2.24. The van der Waals surface area contributed by atoms with Crippen molar-refractivity contribution in [2.24, 2.45) is 5.92 Å². The Morgan fingerprint density at radius 2 is 2.29 bits per heavy atom. The van der Waals surface area contributed by atoms with Crippen LogP contribution in [0.4, 0.5) is 5.13 Å². The highest BCUT2D eigenvalue weighted by molar-refractivity contribution is 7.09. The molecule has 0 radical (unpaired) electrons. The van der Waals surface area contributed by atoms with Gasteiger partial charge in [0.05, 0.1) is 0 Å². The Morgan fingerprint density at radius 1 is 1.41 bits per heavy atom. The molecular weight excluding hydrogens is 232 g/mol. The van der Waals surface area contributed by atoms with Gasteiger partial charge < -0.3 is 10.2 Å². The molecule has 2 saturated heterocycles. The largest absolute Gasteiger partial charge is 0.345 e. The second kappa shape index (κ2) is 4.53. The van der Waals surface area contributed by atoms with E-state index in [1.54, 1.807) is 11.5 Å². The van der Waals surface area contributed by atoms with Gasteiger partial charge >= 0.3 is 0 Å². The van der Waals surface area contributed by atoms with Crippen LogP contribution in [0.15, 0.2) is 0 Å². The van der Waals surface area contributed by atoms with Crippen molar-refractivity contribution in [2.45, 2.75) is 38.6 Å². The average Bonchev–Trinajstić information content (AvgIpc) is 2.95. The molecule has 2 aliphatic heterocycles. The molecule has 0 aliphatic carbocycles. The van der Waals surface area contributed by atoms with E-state index >= 15 is 0 Å². The lowest BCUT2D eigenvalue weighted by atomic mass is 9.94. The van der Waals surface area contributed by atoms with Crippen LogP contribution in [-0.2, 0) is 0 Å². The molecule has 0 bridgehead atoms. The fourth-order valence-electron chi connectivity index (χ4n) is 2.79. The van der Waals surface area contributed by atoms with Crippen molar-refractivity contribution >= 4 is 16.7 Å². The maximum Gasteiger partial charge on any atom is 0.205 e. The molecule has 3 heterocycles. The molecule has 2 fully saturated rings. The molecule has 5 heteroatoms. The molecular formula is C12H20N4S. The van der Waals surface area contributed by atoms with Crippen LogP contribution in [0, 0.1) is 5.92 Å². The quantitative estimate of drug-likeness (QED) is 0.872. The minimum atomic E-state index is 0.433. The summed E-state index contributed by atoms with van der Waals surface area (Å²) in [6, 6.07) is 0.676. The van der Waals surface area contributed by atoms with Crippen LogP contribution >= 0.6 is 11.5 Å². The molecule has 1 N–H and O–H groups in total. The van der Waals surface area contributed by atoms with Crippen molar-refractivity contribution in [1.29, 1.82) is 0 Å². The maximum absolute atomic E-state index is 4.66. The zero-order valence-electron chi connectivity index (χ0n) is 10.5. The summed E-state index contributed by atoms with van der Waals surface area (Å²) >= 11 is 1.56. The van der Waals surface area contributed by atoms with Gasteiger partial charge in [0.1, 0.15) is 5.82 Å². The summed E-state index contributed by atoms with van der Waals surface area (Å²) in [7, 11) is 0. The Balaban J connectivity index is 1.72. The molecule has 2 aliphatic rings. The minimum absolute atomic E-state index is 0.433. The fraction of sp³-hybridized carbons (Fsp3) is 0.833. The topological polar surface area (TPSA) is 41.1 Å². The summed E-state index contributed by atoms with van der Waals surface area (Å²) in [6.07, 6.45) is 2.69. The number of piperidine rings is 1. The Kier molecular flexibility index (Phi) is 3.04. The molecule has 0 saturated carbocycles. The Labute approximate surface area is 107 Å². The Bertz CT molecular complexity index is 376. The molecule has 2 unspecified atom stereocenters. The smallest absolute Gasteiger partial charge is 0.205 e. The van der Waals surface area contributed by atoms with E-state index in [0.29, 0.717) is 12.0 Å². The molecule has 1 aromatic rings. The van der Waals surface area contributed by atoms with Crippen molar-refractivity contribution in [3.8, 4) is 0 Å². The van der Waals surface area contributed by atoms with Crippen molar-refractivity contribution in [2.75, 3.05) is 24.5 Å². The maximum atomic E-state index is 4.66. The van der Waals surface area contributed by atoms with Crippen LogP contribution in [0.5, 0.6) is 0 Å². The predicted molar refractivity (Wildman–Crippen MR) is 70.7 cm³/mol. The number of nitrogens with one attached hydrogen (secondary N) is 1. The fourth-order valence-corrected chi connectivity index (χ4v) is 3.62. The van der Waals surface area contributed by atoms with Crippen molar-refractivity contribution in [1.82, 2.24) is 14.7 Å². The normalized spacial score (nSPS) is 28.8. The summed E-state index contributed by atoms with van der Waals surface area (Å²) in [6.45, 7) is 7.75. The van der Waals surface area contributed by atoms with Crippen LogP contribution in [0.1, 0.15) is 38.4 Å². The second-order valence-electron chi connectivity index (χ2n) is 5.46. The molecule has 2 atom stereocenters. The zero-order valence-corrected chi connectivity index (χ0v) is 11.3. The van der Waals surface area contributed by atoms with E-state index in [9.17, 15) is 0 Å². The van der Waals surface area contributed by atoms with E-state index in [2.05, 4.69) is 33.4 Å². The molecule has 17 heavy (non-hydrogen) atoms. The van der Waals surface area contributed by atoms with Gasteiger partial charge in [0.25, 0.3) is 0 Å². The molecule has 1 aromatic heterocycles. The van der Waals surface area contributed by atoms with Gasteiger partial charge in [-0.3, -0.25) is 0 Å². The first-order valence-corrected chi connectivity index (χ1v) is 7.33. The van der Waals surface area contributed by atoms with E-state index < -0.39 is 0 Å². The molecule has 94 valence electrons. The van der Waals surface area contributed by atoms with Crippen molar-refractivity contribution in [3.63, 3.8) is 0 Å². The van der Waals surface area contributed by atoms with Crippen molar-refractivity contribution in [3.05, 3.63) is 5.82 Å². The van der Waals surface area contributed by atoms with Gasteiger partial charge in [0.2, 0.25) is 5.13 Å².